The van der Waals surface area contributed by atoms with E-state index in [0.29, 0.717) is 22.7 Å². The standard InChI is InChI=1S/C14H16N10S2/c15-11-9-13(19-5-17-11)23(7-21-9)1-3-25-26-4-2-24-8-22-10-12(16)18-6-20-14(10)24/h5-8H,1-4H2,(H2,15,17,19)(H2,16,18,20). The van der Waals surface area contributed by atoms with E-state index in [0.717, 1.165) is 35.9 Å². The van der Waals surface area contributed by atoms with Crippen LogP contribution in [0, 0.1) is 0 Å². The predicted molar refractivity (Wildman–Crippen MR) is 104 cm³/mol. The lowest BCUT2D eigenvalue weighted by atomic mass is 10.5. The Kier molecular flexibility index (Phi) is 4.75. The van der Waals surface area contributed by atoms with Crippen LogP contribution in [-0.4, -0.2) is 50.5 Å². The van der Waals surface area contributed by atoms with E-state index in [4.69, 9.17) is 11.5 Å². The van der Waals surface area contributed by atoms with Crippen LogP contribution in [0.15, 0.2) is 25.3 Å². The number of rotatable bonds is 7. The maximum absolute atomic E-state index is 5.80. The van der Waals surface area contributed by atoms with E-state index < -0.39 is 0 Å². The molecule has 0 spiro atoms. The molecule has 4 rings (SSSR count). The minimum Gasteiger partial charge on any atom is -0.382 e. The molecule has 0 amide bonds. The maximum atomic E-state index is 5.80. The maximum Gasteiger partial charge on any atom is 0.165 e. The molecule has 12 heteroatoms. The summed E-state index contributed by atoms with van der Waals surface area (Å²) in [6.45, 7) is 1.62. The number of aromatic nitrogens is 8. The summed E-state index contributed by atoms with van der Waals surface area (Å²) in [5, 5.41) is 0. The van der Waals surface area contributed by atoms with Gasteiger partial charge in [-0.15, -0.1) is 0 Å². The molecule has 4 aromatic heterocycles. The van der Waals surface area contributed by atoms with Gasteiger partial charge in [0.15, 0.2) is 22.9 Å². The molecule has 0 aliphatic rings. The van der Waals surface area contributed by atoms with Gasteiger partial charge in [-0.3, -0.25) is 0 Å². The van der Waals surface area contributed by atoms with Crippen molar-refractivity contribution in [2.75, 3.05) is 23.0 Å². The van der Waals surface area contributed by atoms with Crippen molar-refractivity contribution in [1.29, 1.82) is 0 Å². The first-order chi connectivity index (χ1) is 12.7. The third kappa shape index (κ3) is 3.24. The van der Waals surface area contributed by atoms with Crippen molar-refractivity contribution in [2.45, 2.75) is 13.1 Å². The molecule has 0 aliphatic carbocycles. The fourth-order valence-corrected chi connectivity index (χ4v) is 4.45. The Morgan fingerprint density at radius 3 is 1.62 bits per heavy atom. The van der Waals surface area contributed by atoms with Gasteiger partial charge in [0.25, 0.3) is 0 Å². The van der Waals surface area contributed by atoms with Crippen LogP contribution in [-0.2, 0) is 13.1 Å². The summed E-state index contributed by atoms with van der Waals surface area (Å²) in [6.07, 6.45) is 6.43. The Morgan fingerprint density at radius 2 is 1.15 bits per heavy atom. The van der Waals surface area contributed by atoms with Gasteiger partial charge in [0.05, 0.1) is 12.7 Å². The topological polar surface area (TPSA) is 139 Å². The predicted octanol–water partition coefficient (Wildman–Crippen LogP) is 1.21. The monoisotopic (exact) mass is 388 g/mol. The number of nitrogen functional groups attached to an aromatic ring is 2. The number of imidazole rings is 2. The van der Waals surface area contributed by atoms with E-state index in [1.54, 1.807) is 34.2 Å². The lowest BCUT2D eigenvalue weighted by molar-refractivity contribution is 0.785. The highest BCUT2D eigenvalue weighted by Gasteiger charge is 2.08. The van der Waals surface area contributed by atoms with Gasteiger partial charge >= 0.3 is 0 Å². The highest BCUT2D eigenvalue weighted by molar-refractivity contribution is 8.76. The number of fused-ring (bicyclic) bond motifs is 2. The van der Waals surface area contributed by atoms with Crippen molar-refractivity contribution in [3.63, 3.8) is 0 Å². The molecule has 4 N–H and O–H groups in total. The van der Waals surface area contributed by atoms with E-state index >= 15 is 0 Å². The molecule has 4 heterocycles. The van der Waals surface area contributed by atoms with Crippen LogP contribution < -0.4 is 11.5 Å². The van der Waals surface area contributed by atoms with Gasteiger partial charge < -0.3 is 20.6 Å². The van der Waals surface area contributed by atoms with Crippen LogP contribution in [0.4, 0.5) is 11.6 Å². The van der Waals surface area contributed by atoms with Crippen LogP contribution in [0.5, 0.6) is 0 Å². The summed E-state index contributed by atoms with van der Waals surface area (Å²) in [5.41, 5.74) is 14.4. The summed E-state index contributed by atoms with van der Waals surface area (Å²) in [4.78, 5) is 24.9. The van der Waals surface area contributed by atoms with Crippen LogP contribution >= 0.6 is 21.6 Å². The molecule has 0 aliphatic heterocycles. The molecular weight excluding hydrogens is 372 g/mol. The first kappa shape index (κ1) is 16.8. The summed E-state index contributed by atoms with van der Waals surface area (Å²) < 4.78 is 3.98. The van der Waals surface area contributed by atoms with Crippen molar-refractivity contribution in [2.24, 2.45) is 0 Å². The second-order valence-corrected chi connectivity index (χ2v) is 8.08. The molecule has 0 bridgehead atoms. The number of nitrogens with zero attached hydrogens (tertiary/aromatic N) is 8. The Hall–Kier alpha value is -2.60. The summed E-state index contributed by atoms with van der Waals surface area (Å²) >= 11 is 0. The summed E-state index contributed by atoms with van der Waals surface area (Å²) in [7, 11) is 3.59. The SMILES string of the molecule is Nc1ncnc2c1ncn2CCSSCCn1cnc2c(N)ncnc21. The molecule has 0 fully saturated rings. The minimum absolute atomic E-state index is 0.410. The number of anilines is 2. The van der Waals surface area contributed by atoms with Gasteiger partial charge in [-0.05, 0) is 0 Å². The number of nitrogens with two attached hydrogens (primary N) is 2. The molecule has 0 aromatic carbocycles. The van der Waals surface area contributed by atoms with Crippen molar-refractivity contribution >= 4 is 55.6 Å². The Morgan fingerprint density at radius 1 is 0.692 bits per heavy atom. The zero-order chi connectivity index (χ0) is 17.9. The zero-order valence-electron chi connectivity index (χ0n) is 13.7. The van der Waals surface area contributed by atoms with Crippen LogP contribution in [0.3, 0.4) is 0 Å². The van der Waals surface area contributed by atoms with Crippen molar-refractivity contribution in [1.82, 2.24) is 39.0 Å². The van der Waals surface area contributed by atoms with E-state index in [1.807, 2.05) is 9.13 Å². The molecule has 0 atom stereocenters. The molecule has 0 unspecified atom stereocenters. The van der Waals surface area contributed by atoms with Crippen molar-refractivity contribution in [3.8, 4) is 0 Å². The van der Waals surface area contributed by atoms with E-state index in [1.165, 1.54) is 12.7 Å². The molecule has 0 saturated heterocycles. The third-order valence-electron chi connectivity index (χ3n) is 3.77. The molecule has 0 radical (unpaired) electrons. The molecule has 10 nitrogen and oxygen atoms in total. The molecule has 134 valence electrons. The average molecular weight is 388 g/mol. The van der Waals surface area contributed by atoms with Crippen molar-refractivity contribution in [3.05, 3.63) is 25.3 Å². The molecule has 26 heavy (non-hydrogen) atoms. The fraction of sp³-hybridized carbons (Fsp3) is 0.286. The first-order valence-electron chi connectivity index (χ1n) is 7.81. The van der Waals surface area contributed by atoms with Crippen LogP contribution in [0.25, 0.3) is 22.3 Å². The number of hydrogen-bond donors (Lipinski definition) is 2. The van der Waals surface area contributed by atoms with Gasteiger partial charge in [-0.1, -0.05) is 21.6 Å². The summed E-state index contributed by atoms with van der Waals surface area (Å²) in [6, 6.07) is 0. The zero-order valence-corrected chi connectivity index (χ0v) is 15.3. The molecule has 0 saturated carbocycles. The smallest absolute Gasteiger partial charge is 0.165 e. The normalized spacial score (nSPS) is 11.5. The lowest BCUT2D eigenvalue weighted by Crippen LogP contribution is -2.02. The Balaban J connectivity index is 1.26. The van der Waals surface area contributed by atoms with E-state index in [2.05, 4.69) is 29.9 Å². The number of hydrogen-bond acceptors (Lipinski definition) is 10. The minimum atomic E-state index is 0.410. The summed E-state index contributed by atoms with van der Waals surface area (Å²) in [5.74, 6) is 2.68. The second kappa shape index (κ2) is 7.33. The fourth-order valence-electron chi connectivity index (χ4n) is 2.51. The second-order valence-electron chi connectivity index (χ2n) is 5.38. The molecule has 4 aromatic rings. The van der Waals surface area contributed by atoms with Gasteiger partial charge in [0, 0.05) is 24.6 Å². The molecular formula is C14H16N10S2. The van der Waals surface area contributed by atoms with Gasteiger partial charge in [0.1, 0.15) is 23.7 Å². The lowest BCUT2D eigenvalue weighted by Gasteiger charge is -2.05. The average Bonchev–Trinajstić information content (AvgIpc) is 3.24. The largest absolute Gasteiger partial charge is 0.382 e. The van der Waals surface area contributed by atoms with Gasteiger partial charge in [-0.25, -0.2) is 29.9 Å². The quantitative estimate of drug-likeness (QED) is 0.351. The Bertz CT molecular complexity index is 959. The third-order valence-corrected chi connectivity index (χ3v) is 6.14. The van der Waals surface area contributed by atoms with E-state index in [9.17, 15) is 0 Å². The van der Waals surface area contributed by atoms with Crippen LogP contribution in [0.2, 0.25) is 0 Å². The van der Waals surface area contributed by atoms with E-state index in [-0.39, 0.29) is 0 Å². The highest BCUT2D eigenvalue weighted by atomic mass is 33.1. The van der Waals surface area contributed by atoms with Gasteiger partial charge in [-0.2, -0.15) is 0 Å². The van der Waals surface area contributed by atoms with Crippen molar-refractivity contribution < 1.29 is 0 Å². The first-order valence-corrected chi connectivity index (χ1v) is 10.3. The van der Waals surface area contributed by atoms with Crippen LogP contribution in [0.1, 0.15) is 0 Å². The van der Waals surface area contributed by atoms with Gasteiger partial charge in [0.2, 0.25) is 0 Å². The number of aryl methyl sites for hydroxylation is 2. The Labute approximate surface area is 156 Å². The highest BCUT2D eigenvalue weighted by Crippen LogP contribution is 2.23.